The zero-order chi connectivity index (χ0) is 15.4. The summed E-state index contributed by atoms with van der Waals surface area (Å²) in [4.78, 5) is 10.3. The molecule has 2 aromatic rings. The molecule has 0 saturated heterocycles. The predicted molar refractivity (Wildman–Crippen MR) is 77.3 cm³/mol. The molecule has 0 aromatic heterocycles. The summed E-state index contributed by atoms with van der Waals surface area (Å²) in [5, 5.41) is 14.4. The van der Waals surface area contributed by atoms with Crippen LogP contribution in [-0.4, -0.2) is 12.0 Å². The third-order valence-electron chi connectivity index (χ3n) is 2.77. The second-order valence-electron chi connectivity index (χ2n) is 4.22. The second kappa shape index (κ2) is 6.51. The SMILES string of the molecule is CNCc1c(Cl)cccc1Oc1cc(F)ccc1[N+](=O)[O-]. The minimum atomic E-state index is -0.628. The van der Waals surface area contributed by atoms with Gasteiger partial charge in [0.1, 0.15) is 11.6 Å². The number of rotatable bonds is 5. The molecule has 2 rings (SSSR count). The summed E-state index contributed by atoms with van der Waals surface area (Å²) < 4.78 is 18.8. The van der Waals surface area contributed by atoms with E-state index in [1.807, 2.05) is 0 Å². The Balaban J connectivity index is 2.45. The van der Waals surface area contributed by atoms with Crippen molar-refractivity contribution in [2.24, 2.45) is 0 Å². The average molecular weight is 311 g/mol. The Morgan fingerprint density at radius 2 is 2.10 bits per heavy atom. The minimum Gasteiger partial charge on any atom is -0.450 e. The first kappa shape index (κ1) is 15.2. The van der Waals surface area contributed by atoms with Crippen molar-refractivity contribution in [1.82, 2.24) is 5.32 Å². The predicted octanol–water partition coefficient (Wildman–Crippen LogP) is 3.90. The van der Waals surface area contributed by atoms with E-state index in [0.717, 1.165) is 18.2 Å². The quantitative estimate of drug-likeness (QED) is 0.672. The van der Waals surface area contributed by atoms with Gasteiger partial charge in [-0.05, 0) is 25.2 Å². The number of nitrogens with one attached hydrogen (secondary N) is 1. The van der Waals surface area contributed by atoms with E-state index >= 15 is 0 Å². The first-order chi connectivity index (χ1) is 10.0. The maximum absolute atomic E-state index is 13.3. The Morgan fingerprint density at radius 1 is 1.33 bits per heavy atom. The van der Waals surface area contributed by atoms with Gasteiger partial charge in [-0.3, -0.25) is 10.1 Å². The van der Waals surface area contributed by atoms with E-state index in [0.29, 0.717) is 22.9 Å². The minimum absolute atomic E-state index is 0.167. The third-order valence-corrected chi connectivity index (χ3v) is 3.12. The number of benzene rings is 2. The lowest BCUT2D eigenvalue weighted by molar-refractivity contribution is -0.385. The van der Waals surface area contributed by atoms with Crippen LogP contribution in [0.1, 0.15) is 5.56 Å². The van der Waals surface area contributed by atoms with E-state index in [1.165, 1.54) is 0 Å². The molecule has 0 aliphatic heterocycles. The van der Waals surface area contributed by atoms with E-state index in [2.05, 4.69) is 5.32 Å². The van der Waals surface area contributed by atoms with Gasteiger partial charge < -0.3 is 10.1 Å². The maximum Gasteiger partial charge on any atom is 0.311 e. The standard InChI is InChI=1S/C14H12ClFN2O3/c1-17-8-10-11(15)3-2-4-13(10)21-14-7-9(16)5-6-12(14)18(19)20/h2-7,17H,8H2,1H3. The van der Waals surface area contributed by atoms with Crippen LogP contribution in [0.3, 0.4) is 0 Å². The summed E-state index contributed by atoms with van der Waals surface area (Å²) in [7, 11) is 1.73. The molecule has 5 nitrogen and oxygen atoms in total. The highest BCUT2D eigenvalue weighted by atomic mass is 35.5. The van der Waals surface area contributed by atoms with Crippen molar-refractivity contribution < 1.29 is 14.1 Å². The van der Waals surface area contributed by atoms with E-state index in [9.17, 15) is 14.5 Å². The number of hydrogen-bond donors (Lipinski definition) is 1. The van der Waals surface area contributed by atoms with Crippen LogP contribution in [0.25, 0.3) is 0 Å². The van der Waals surface area contributed by atoms with Gasteiger partial charge >= 0.3 is 5.69 Å². The van der Waals surface area contributed by atoms with Crippen LogP contribution in [0.5, 0.6) is 11.5 Å². The molecule has 0 bridgehead atoms. The number of nitro benzene ring substituents is 1. The Morgan fingerprint density at radius 3 is 2.76 bits per heavy atom. The molecule has 0 spiro atoms. The normalized spacial score (nSPS) is 10.4. The van der Waals surface area contributed by atoms with Crippen molar-refractivity contribution in [2.75, 3.05) is 7.05 Å². The second-order valence-corrected chi connectivity index (χ2v) is 4.63. The Kier molecular flexibility index (Phi) is 4.72. The molecule has 0 atom stereocenters. The van der Waals surface area contributed by atoms with Gasteiger partial charge in [0.2, 0.25) is 5.75 Å². The molecule has 0 saturated carbocycles. The lowest BCUT2D eigenvalue weighted by Gasteiger charge is -2.12. The van der Waals surface area contributed by atoms with Crippen molar-refractivity contribution in [3.63, 3.8) is 0 Å². The Bertz CT molecular complexity index is 679. The summed E-state index contributed by atoms with van der Waals surface area (Å²) in [6.07, 6.45) is 0. The lowest BCUT2D eigenvalue weighted by Crippen LogP contribution is -2.07. The molecule has 1 N–H and O–H groups in total. The maximum atomic E-state index is 13.3. The average Bonchev–Trinajstić information content (AvgIpc) is 2.42. The molecule has 0 heterocycles. The molecule has 0 amide bonds. The molecule has 0 radical (unpaired) electrons. The summed E-state index contributed by atoms with van der Waals surface area (Å²) in [5.74, 6) is -0.446. The topological polar surface area (TPSA) is 64.4 Å². The van der Waals surface area contributed by atoms with Crippen molar-refractivity contribution >= 4 is 17.3 Å². The van der Waals surface area contributed by atoms with E-state index < -0.39 is 10.7 Å². The summed E-state index contributed by atoms with van der Waals surface area (Å²) in [5.41, 5.74) is 0.326. The van der Waals surface area contributed by atoms with Crippen LogP contribution < -0.4 is 10.1 Å². The highest BCUT2D eigenvalue weighted by molar-refractivity contribution is 6.31. The summed E-state index contributed by atoms with van der Waals surface area (Å²) in [6, 6.07) is 8.00. The molecule has 0 fully saturated rings. The van der Waals surface area contributed by atoms with Crippen molar-refractivity contribution in [3.05, 3.63) is 62.9 Å². The number of hydrogen-bond acceptors (Lipinski definition) is 4. The van der Waals surface area contributed by atoms with Crippen molar-refractivity contribution in [2.45, 2.75) is 6.54 Å². The molecule has 2 aromatic carbocycles. The fraction of sp³-hybridized carbons (Fsp3) is 0.143. The van der Waals surface area contributed by atoms with Crippen molar-refractivity contribution in [3.8, 4) is 11.5 Å². The lowest BCUT2D eigenvalue weighted by atomic mass is 10.2. The van der Waals surface area contributed by atoms with Gasteiger partial charge in [-0.1, -0.05) is 17.7 Å². The van der Waals surface area contributed by atoms with Gasteiger partial charge in [0.05, 0.1) is 4.92 Å². The zero-order valence-corrected chi connectivity index (χ0v) is 11.9. The van der Waals surface area contributed by atoms with Crippen LogP contribution in [0.4, 0.5) is 10.1 Å². The Labute approximate surface area is 125 Å². The molecule has 0 aliphatic rings. The molecule has 0 unspecified atom stereocenters. The summed E-state index contributed by atoms with van der Waals surface area (Å²) in [6.45, 7) is 0.415. The first-order valence-corrected chi connectivity index (χ1v) is 6.44. The highest BCUT2D eigenvalue weighted by Gasteiger charge is 2.18. The van der Waals surface area contributed by atoms with Crippen LogP contribution in [0.2, 0.25) is 5.02 Å². The van der Waals surface area contributed by atoms with Gasteiger partial charge in [0.25, 0.3) is 0 Å². The van der Waals surface area contributed by atoms with Gasteiger partial charge in [-0.15, -0.1) is 0 Å². The van der Waals surface area contributed by atoms with Crippen molar-refractivity contribution in [1.29, 1.82) is 0 Å². The van der Waals surface area contributed by atoms with E-state index in [1.54, 1.807) is 25.2 Å². The molecule has 7 heteroatoms. The monoisotopic (exact) mass is 310 g/mol. The number of ether oxygens (including phenoxy) is 1. The molecule has 0 aliphatic carbocycles. The number of nitrogens with zero attached hydrogens (tertiary/aromatic N) is 1. The molecule has 21 heavy (non-hydrogen) atoms. The Hall–Kier alpha value is -2.18. The first-order valence-electron chi connectivity index (χ1n) is 6.06. The summed E-state index contributed by atoms with van der Waals surface area (Å²) >= 11 is 6.08. The zero-order valence-electron chi connectivity index (χ0n) is 11.1. The van der Waals surface area contributed by atoms with Crippen LogP contribution >= 0.6 is 11.6 Å². The molecule has 110 valence electrons. The highest BCUT2D eigenvalue weighted by Crippen LogP contribution is 2.35. The van der Waals surface area contributed by atoms with Crippen LogP contribution in [-0.2, 0) is 6.54 Å². The fourth-order valence-corrected chi connectivity index (χ4v) is 2.05. The van der Waals surface area contributed by atoms with Gasteiger partial charge in [-0.25, -0.2) is 4.39 Å². The van der Waals surface area contributed by atoms with Gasteiger partial charge in [0.15, 0.2) is 0 Å². The van der Waals surface area contributed by atoms with Crippen LogP contribution in [0.15, 0.2) is 36.4 Å². The van der Waals surface area contributed by atoms with E-state index in [-0.39, 0.29) is 11.4 Å². The third kappa shape index (κ3) is 3.48. The molecular weight excluding hydrogens is 299 g/mol. The van der Waals surface area contributed by atoms with Gasteiger partial charge in [0, 0.05) is 29.3 Å². The fourth-order valence-electron chi connectivity index (χ4n) is 1.82. The van der Waals surface area contributed by atoms with Crippen LogP contribution in [0, 0.1) is 15.9 Å². The van der Waals surface area contributed by atoms with Gasteiger partial charge in [-0.2, -0.15) is 0 Å². The number of halogens is 2. The molecular formula is C14H12ClFN2O3. The largest absolute Gasteiger partial charge is 0.450 e. The number of nitro groups is 1. The van der Waals surface area contributed by atoms with E-state index in [4.69, 9.17) is 16.3 Å². The smallest absolute Gasteiger partial charge is 0.311 e.